The first kappa shape index (κ1) is 27.1. The minimum atomic E-state index is 0. The summed E-state index contributed by atoms with van der Waals surface area (Å²) >= 11 is 0. The maximum atomic E-state index is 4.05. The Hall–Kier alpha value is -4.48. The Kier molecular flexibility index (Phi) is 9.94. The minimum absolute atomic E-state index is 0. The van der Waals surface area contributed by atoms with Crippen LogP contribution < -0.4 is 15.3 Å². The summed E-state index contributed by atoms with van der Waals surface area (Å²) in [6.07, 6.45) is 9.56. The third-order valence-electron chi connectivity index (χ3n) is 4.52. The minimum Gasteiger partial charge on any atom is -0.574 e. The number of aromatic nitrogens is 12. The van der Waals surface area contributed by atoms with Crippen molar-refractivity contribution in [2.24, 2.45) is 0 Å². The van der Waals surface area contributed by atoms with Gasteiger partial charge in [-0.25, -0.2) is 29.9 Å². The van der Waals surface area contributed by atoms with Crippen molar-refractivity contribution in [3.8, 4) is 34.2 Å². The van der Waals surface area contributed by atoms with Gasteiger partial charge in [0.2, 0.25) is 0 Å². The Bertz CT molecular complexity index is 1280. The molecule has 6 heterocycles. The maximum Gasteiger partial charge on any atom is 3.00 e. The summed E-state index contributed by atoms with van der Waals surface area (Å²) in [5.74, 6) is 0. The van der Waals surface area contributed by atoms with Crippen LogP contribution in [0, 0.1) is 20.8 Å². The molecule has 0 saturated carbocycles. The topological polar surface area (TPSA) is 158 Å². The summed E-state index contributed by atoms with van der Waals surface area (Å²) in [5, 5.41) is 23.5. The number of hydrogen-bond acceptors (Lipinski definition) is 9. The average molecular weight is 670 g/mol. The second kappa shape index (κ2) is 13.6. The normalized spacial score (nSPS) is 9.81. The van der Waals surface area contributed by atoms with Crippen LogP contribution in [0.4, 0.5) is 0 Å². The molecule has 0 bridgehead atoms. The van der Waals surface area contributed by atoms with Crippen LogP contribution in [-0.2, 0) is 20.1 Å². The Morgan fingerprint density at radius 1 is 0.486 bits per heavy atom. The molecule has 13 heteroatoms. The molecule has 0 N–H and O–H groups in total. The van der Waals surface area contributed by atoms with E-state index in [-0.39, 0.29) is 20.1 Å². The van der Waals surface area contributed by atoms with Gasteiger partial charge in [-0.05, 0) is 39.0 Å². The summed E-state index contributed by atoms with van der Waals surface area (Å²) in [4.78, 5) is 23.6. The van der Waals surface area contributed by atoms with E-state index in [4.69, 9.17) is 0 Å². The van der Waals surface area contributed by atoms with Gasteiger partial charge in [-0.3, -0.25) is 0 Å². The SMILES string of the molecule is Cc1cc(-c2ccncn2)[n-]n1.Cc1cc(-c2ccncn2)[n-]n1.Cc1cc(-c2ccncn2)[n-]n1.[Ir+3]. The molecule has 0 saturated heterocycles. The zero-order valence-electron chi connectivity index (χ0n) is 20.1. The predicted octanol–water partition coefficient (Wildman–Crippen LogP) is 2.41. The zero-order valence-corrected chi connectivity index (χ0v) is 22.5. The molecule has 0 aromatic carbocycles. The van der Waals surface area contributed by atoms with E-state index in [0.29, 0.717) is 0 Å². The molecule has 0 aliphatic carbocycles. The molecule has 0 radical (unpaired) electrons. The fraction of sp³-hybridized carbons (Fsp3) is 0.125. The van der Waals surface area contributed by atoms with Crippen molar-refractivity contribution in [3.63, 3.8) is 0 Å². The summed E-state index contributed by atoms with van der Waals surface area (Å²) in [6.45, 7) is 5.70. The zero-order chi connectivity index (χ0) is 25.2. The molecule has 37 heavy (non-hydrogen) atoms. The van der Waals surface area contributed by atoms with E-state index in [9.17, 15) is 0 Å². The van der Waals surface area contributed by atoms with Crippen LogP contribution in [0.25, 0.3) is 34.2 Å². The van der Waals surface area contributed by atoms with Gasteiger partial charge in [0.1, 0.15) is 19.0 Å². The van der Waals surface area contributed by atoms with E-state index in [1.807, 2.05) is 57.2 Å². The molecule has 0 amide bonds. The van der Waals surface area contributed by atoms with Gasteiger partial charge in [0.05, 0.1) is 17.1 Å². The van der Waals surface area contributed by atoms with Crippen LogP contribution in [0.1, 0.15) is 17.1 Å². The molecule has 6 rings (SSSR count). The van der Waals surface area contributed by atoms with Gasteiger partial charge in [0.25, 0.3) is 0 Å². The van der Waals surface area contributed by atoms with Gasteiger partial charge in [0.15, 0.2) is 0 Å². The van der Waals surface area contributed by atoms with Crippen molar-refractivity contribution in [2.45, 2.75) is 20.8 Å². The first-order chi connectivity index (χ1) is 17.6. The van der Waals surface area contributed by atoms with Crippen LogP contribution in [0.2, 0.25) is 0 Å². The Morgan fingerprint density at radius 2 is 0.784 bits per heavy atom. The monoisotopic (exact) mass is 670 g/mol. The van der Waals surface area contributed by atoms with Crippen molar-refractivity contribution in [1.82, 2.24) is 60.5 Å². The fourth-order valence-corrected chi connectivity index (χ4v) is 2.87. The Morgan fingerprint density at radius 3 is 0.973 bits per heavy atom. The summed E-state index contributed by atoms with van der Waals surface area (Å²) < 4.78 is 0. The van der Waals surface area contributed by atoms with E-state index in [2.05, 4.69) is 60.5 Å². The number of hydrogen-bond donors (Lipinski definition) is 0. The van der Waals surface area contributed by atoms with Gasteiger partial charge in [-0.2, -0.15) is 0 Å². The molecule has 0 unspecified atom stereocenters. The summed E-state index contributed by atoms with van der Waals surface area (Å²) in [7, 11) is 0. The Balaban J connectivity index is 0.000000152. The molecule has 186 valence electrons. The number of nitrogens with zero attached hydrogens (tertiary/aromatic N) is 12. The summed E-state index contributed by atoms with van der Waals surface area (Å²) in [5.41, 5.74) is 7.55. The first-order valence-electron chi connectivity index (χ1n) is 10.8. The molecule has 0 aliphatic heterocycles. The predicted molar refractivity (Wildman–Crippen MR) is 130 cm³/mol. The van der Waals surface area contributed by atoms with Crippen molar-refractivity contribution >= 4 is 0 Å². The van der Waals surface area contributed by atoms with Gasteiger partial charge >= 0.3 is 20.1 Å². The third kappa shape index (κ3) is 8.02. The molecular weight excluding hydrogens is 649 g/mol. The average Bonchev–Trinajstić information content (AvgIpc) is 3.68. The van der Waals surface area contributed by atoms with Gasteiger partial charge in [0, 0.05) is 35.7 Å². The van der Waals surface area contributed by atoms with Crippen molar-refractivity contribution in [2.75, 3.05) is 0 Å². The molecule has 0 fully saturated rings. The standard InChI is InChI=1S/3C8H7N4.Ir/c3*1-6-4-8(12-11-6)7-2-3-9-5-10-7;/h3*2-5H,1H3;/q3*-1;+3. The second-order valence-corrected chi connectivity index (χ2v) is 7.40. The van der Waals surface area contributed by atoms with Gasteiger partial charge in [-0.15, -0.1) is 0 Å². The van der Waals surface area contributed by atoms with Crippen LogP contribution in [0.5, 0.6) is 0 Å². The molecule has 12 nitrogen and oxygen atoms in total. The van der Waals surface area contributed by atoms with E-state index < -0.39 is 0 Å². The van der Waals surface area contributed by atoms with E-state index in [0.717, 1.165) is 51.2 Å². The largest absolute Gasteiger partial charge is 3.00 e. The molecule has 6 aromatic heterocycles. The first-order valence-corrected chi connectivity index (χ1v) is 10.8. The van der Waals surface area contributed by atoms with E-state index in [1.165, 1.54) is 19.0 Å². The smallest absolute Gasteiger partial charge is 0.574 e. The quantitative estimate of drug-likeness (QED) is 0.271. The van der Waals surface area contributed by atoms with Gasteiger partial charge in [-0.1, -0.05) is 35.3 Å². The third-order valence-corrected chi connectivity index (χ3v) is 4.52. The number of rotatable bonds is 3. The molecular formula is C24H21IrN12. The second-order valence-electron chi connectivity index (χ2n) is 7.40. The van der Waals surface area contributed by atoms with E-state index >= 15 is 0 Å². The van der Waals surface area contributed by atoms with Crippen LogP contribution in [-0.4, -0.2) is 45.2 Å². The molecule has 0 aliphatic rings. The molecule has 0 spiro atoms. The summed E-state index contributed by atoms with van der Waals surface area (Å²) in [6, 6.07) is 11.1. The van der Waals surface area contributed by atoms with Gasteiger partial charge < -0.3 is 30.6 Å². The van der Waals surface area contributed by atoms with Crippen LogP contribution >= 0.6 is 0 Å². The molecule has 6 aromatic rings. The van der Waals surface area contributed by atoms with Crippen LogP contribution in [0.15, 0.2) is 74.0 Å². The maximum absolute atomic E-state index is 4.05. The van der Waals surface area contributed by atoms with Crippen LogP contribution in [0.3, 0.4) is 0 Å². The van der Waals surface area contributed by atoms with E-state index in [1.54, 1.807) is 18.6 Å². The van der Waals surface area contributed by atoms with Crippen molar-refractivity contribution < 1.29 is 20.1 Å². The van der Waals surface area contributed by atoms with Crippen molar-refractivity contribution in [1.29, 1.82) is 0 Å². The fourth-order valence-electron chi connectivity index (χ4n) is 2.87. The van der Waals surface area contributed by atoms with Crippen molar-refractivity contribution in [3.05, 3.63) is 91.1 Å². The molecule has 0 atom stereocenters. The number of aryl methyl sites for hydroxylation is 3. The Labute approximate surface area is 226 Å².